The fraction of sp³-hybridized carbons (Fsp3) is 0.407. The highest BCUT2D eigenvalue weighted by Crippen LogP contribution is 2.41. The van der Waals surface area contributed by atoms with Crippen LogP contribution in [0, 0.1) is 0 Å². The lowest BCUT2D eigenvalue weighted by Crippen LogP contribution is -2.44. The van der Waals surface area contributed by atoms with Gasteiger partial charge in [0.25, 0.3) is 11.5 Å². The number of ether oxygens (including phenoxy) is 2. The Morgan fingerprint density at radius 3 is 2.68 bits per heavy atom. The number of rotatable bonds is 7. The first-order valence-electron chi connectivity index (χ1n) is 12.5. The summed E-state index contributed by atoms with van der Waals surface area (Å²) < 4.78 is 12.4. The van der Waals surface area contributed by atoms with E-state index in [4.69, 9.17) is 20.2 Å². The molecule has 2 aliphatic heterocycles. The monoisotopic (exact) mass is 521 g/mol. The Hall–Kier alpha value is -3.50. The number of nitrogens with zero attached hydrogens (tertiary/aromatic N) is 2. The van der Waals surface area contributed by atoms with Crippen molar-refractivity contribution in [2.75, 3.05) is 6.61 Å². The molecule has 0 unspecified atom stereocenters. The van der Waals surface area contributed by atoms with Crippen LogP contribution in [-0.4, -0.2) is 41.2 Å². The molecule has 10 heteroatoms. The van der Waals surface area contributed by atoms with Crippen molar-refractivity contribution in [1.82, 2.24) is 9.55 Å². The molecule has 0 spiro atoms. The van der Waals surface area contributed by atoms with Gasteiger partial charge in [0.05, 0.1) is 29.0 Å². The third kappa shape index (κ3) is 4.23. The molecule has 0 radical (unpaired) electrons. The summed E-state index contributed by atoms with van der Waals surface area (Å²) in [5.74, 6) is -0.774. The number of carbonyl (C=O) groups excluding carboxylic acids is 2. The topological polar surface area (TPSA) is 134 Å². The predicted octanol–water partition coefficient (Wildman–Crippen LogP) is 2.82. The van der Waals surface area contributed by atoms with E-state index in [0.29, 0.717) is 34.8 Å². The van der Waals surface area contributed by atoms with E-state index in [0.717, 1.165) is 34.5 Å². The van der Waals surface area contributed by atoms with Crippen LogP contribution in [0.15, 0.2) is 29.1 Å². The summed E-state index contributed by atoms with van der Waals surface area (Å²) in [7, 11) is -1.42. The highest BCUT2D eigenvalue weighted by atomic mass is 28.3. The van der Waals surface area contributed by atoms with Crippen molar-refractivity contribution in [3.05, 3.63) is 56.9 Å². The molecular formula is C27H31N3O6Si. The lowest BCUT2D eigenvalue weighted by Gasteiger charge is -2.31. The lowest BCUT2D eigenvalue weighted by atomic mass is 9.86. The molecule has 4 heterocycles. The van der Waals surface area contributed by atoms with Gasteiger partial charge in [-0.1, -0.05) is 32.6 Å². The number of primary amides is 1. The van der Waals surface area contributed by atoms with Crippen molar-refractivity contribution >= 4 is 30.9 Å². The van der Waals surface area contributed by atoms with Gasteiger partial charge in [-0.2, -0.15) is 0 Å². The molecule has 2 aliphatic rings. The maximum absolute atomic E-state index is 13.6. The maximum Gasteiger partial charge on any atom is 0.343 e. The molecule has 0 fully saturated rings. The third-order valence-corrected chi connectivity index (χ3v) is 9.03. The van der Waals surface area contributed by atoms with E-state index in [2.05, 4.69) is 19.6 Å². The fourth-order valence-corrected chi connectivity index (χ4v) is 6.17. The van der Waals surface area contributed by atoms with Gasteiger partial charge >= 0.3 is 5.97 Å². The summed E-state index contributed by atoms with van der Waals surface area (Å²) in [6.45, 7) is 8.58. The minimum Gasteiger partial charge on any atom is -0.484 e. The molecule has 3 aromatic rings. The molecular weight excluding hydrogens is 490 g/mol. The van der Waals surface area contributed by atoms with Crippen LogP contribution in [-0.2, 0) is 39.5 Å². The van der Waals surface area contributed by atoms with Gasteiger partial charge in [0.1, 0.15) is 12.4 Å². The van der Waals surface area contributed by atoms with Crippen molar-refractivity contribution in [2.24, 2.45) is 5.73 Å². The minimum absolute atomic E-state index is 0.0925. The van der Waals surface area contributed by atoms with Crippen LogP contribution in [0.3, 0.4) is 0 Å². The summed E-state index contributed by atoms with van der Waals surface area (Å²) in [5, 5.41) is 12.0. The molecule has 1 atom stereocenters. The summed E-state index contributed by atoms with van der Waals surface area (Å²) in [6, 6.07) is 8.23. The third-order valence-electron chi connectivity index (χ3n) is 7.28. The summed E-state index contributed by atoms with van der Waals surface area (Å²) in [5.41, 5.74) is 7.75. The number of amides is 1. The number of aromatic nitrogens is 2. The van der Waals surface area contributed by atoms with Crippen LogP contribution in [0.4, 0.5) is 0 Å². The fourth-order valence-electron chi connectivity index (χ4n) is 5.17. The molecule has 37 heavy (non-hydrogen) atoms. The number of pyridine rings is 2. The molecule has 0 saturated heterocycles. The molecule has 5 rings (SSSR count). The Kier molecular flexibility index (Phi) is 5.99. The first kappa shape index (κ1) is 25.2. The van der Waals surface area contributed by atoms with Crippen LogP contribution >= 0.6 is 0 Å². The van der Waals surface area contributed by atoms with Crippen molar-refractivity contribution in [3.63, 3.8) is 0 Å². The molecule has 194 valence electrons. The van der Waals surface area contributed by atoms with Crippen molar-refractivity contribution in [2.45, 2.75) is 64.2 Å². The normalized spacial score (nSPS) is 18.2. The standard InChI is InChI=1S/C27H31N3O6Si/c1-5-27(34)20-11-22-24-18(12-30(22)25(32)19(20)13-36-26(27)33)16(8-9-37(2,3)4)17-10-15(35-14-23(28)31)6-7-21(17)29-24/h6-7,10-11,34H,5,8-9,12-14H2,1-4H3,(H2,28,31)/t27-/m0/s1. The number of carbonyl (C=O) groups is 2. The van der Waals surface area contributed by atoms with Gasteiger partial charge in [0.2, 0.25) is 0 Å². The number of aliphatic hydroxyl groups is 1. The Bertz CT molecular complexity index is 1520. The Morgan fingerprint density at radius 2 is 2.00 bits per heavy atom. The zero-order valence-electron chi connectivity index (χ0n) is 21.5. The van der Waals surface area contributed by atoms with E-state index in [-0.39, 0.29) is 25.2 Å². The molecule has 3 N–H and O–H groups in total. The quantitative estimate of drug-likeness (QED) is 0.282. The second kappa shape index (κ2) is 8.81. The maximum atomic E-state index is 13.6. The smallest absolute Gasteiger partial charge is 0.343 e. The van der Waals surface area contributed by atoms with Crippen LogP contribution in [0.2, 0.25) is 25.7 Å². The number of hydrogen-bond donors (Lipinski definition) is 2. The zero-order chi connectivity index (χ0) is 26.7. The Labute approximate surface area is 215 Å². The van der Waals surface area contributed by atoms with Gasteiger partial charge in [-0.3, -0.25) is 9.59 Å². The van der Waals surface area contributed by atoms with E-state index in [1.165, 1.54) is 0 Å². The van der Waals surface area contributed by atoms with Crippen molar-refractivity contribution < 1.29 is 24.2 Å². The predicted molar refractivity (Wildman–Crippen MR) is 141 cm³/mol. The summed E-state index contributed by atoms with van der Waals surface area (Å²) in [6.07, 6.45) is 0.897. The van der Waals surface area contributed by atoms with Crippen molar-refractivity contribution in [1.29, 1.82) is 0 Å². The number of nitrogens with two attached hydrogens (primary N) is 1. The molecule has 9 nitrogen and oxygen atoms in total. The average Bonchev–Trinajstić information content (AvgIpc) is 3.21. The number of benzene rings is 1. The van der Waals surface area contributed by atoms with Crippen LogP contribution in [0.25, 0.3) is 22.3 Å². The first-order chi connectivity index (χ1) is 17.4. The number of hydrogen-bond acceptors (Lipinski definition) is 7. The molecule has 2 aromatic heterocycles. The average molecular weight is 522 g/mol. The molecule has 1 amide bonds. The van der Waals surface area contributed by atoms with Crippen LogP contribution in [0.1, 0.15) is 35.6 Å². The van der Waals surface area contributed by atoms with Gasteiger partial charge in [-0.05, 0) is 42.7 Å². The van der Waals surface area contributed by atoms with E-state index in [9.17, 15) is 19.5 Å². The molecule has 0 aliphatic carbocycles. The van der Waals surface area contributed by atoms with Gasteiger partial charge < -0.3 is 24.9 Å². The minimum atomic E-state index is -1.87. The van der Waals surface area contributed by atoms with Crippen LogP contribution in [0.5, 0.6) is 5.75 Å². The van der Waals surface area contributed by atoms with Gasteiger partial charge in [-0.25, -0.2) is 9.78 Å². The van der Waals surface area contributed by atoms with Gasteiger partial charge in [0.15, 0.2) is 12.2 Å². The largest absolute Gasteiger partial charge is 0.484 e. The number of esters is 1. The van der Waals surface area contributed by atoms with Gasteiger partial charge in [-0.15, -0.1) is 0 Å². The highest BCUT2D eigenvalue weighted by Gasteiger charge is 2.45. The van der Waals surface area contributed by atoms with Crippen molar-refractivity contribution in [3.8, 4) is 17.1 Å². The number of cyclic esters (lactones) is 1. The lowest BCUT2D eigenvalue weighted by molar-refractivity contribution is -0.172. The molecule has 0 bridgehead atoms. The highest BCUT2D eigenvalue weighted by molar-refractivity contribution is 6.76. The SMILES string of the molecule is CC[C@@]1(O)C(=O)OCc2c1cc1n(c2=O)Cc2c-1nc1ccc(OCC(N)=O)cc1c2CC[Si](C)(C)C. The number of aryl methyl sites for hydroxylation is 1. The Balaban J connectivity index is 1.72. The van der Waals surface area contributed by atoms with E-state index in [1.807, 2.05) is 12.1 Å². The summed E-state index contributed by atoms with van der Waals surface area (Å²) >= 11 is 0. The second-order valence-corrected chi connectivity index (χ2v) is 16.6. The Morgan fingerprint density at radius 1 is 1.24 bits per heavy atom. The second-order valence-electron chi connectivity index (χ2n) is 11.0. The summed E-state index contributed by atoms with van der Waals surface area (Å²) in [4.78, 5) is 42.2. The number of fused-ring (bicyclic) bond motifs is 5. The van der Waals surface area contributed by atoms with E-state index in [1.54, 1.807) is 23.6 Å². The zero-order valence-corrected chi connectivity index (χ0v) is 22.5. The molecule has 1 aromatic carbocycles. The first-order valence-corrected chi connectivity index (χ1v) is 16.2. The van der Waals surface area contributed by atoms with E-state index < -0.39 is 25.6 Å². The van der Waals surface area contributed by atoms with Gasteiger partial charge in [0, 0.05) is 24.6 Å². The van der Waals surface area contributed by atoms with Crippen LogP contribution < -0.4 is 16.0 Å². The molecule has 0 saturated carbocycles. The van der Waals surface area contributed by atoms with E-state index >= 15 is 0 Å².